The van der Waals surface area contributed by atoms with Crippen LogP contribution in [0.3, 0.4) is 0 Å². The number of hydrogen-bond acceptors (Lipinski definition) is 3. The standard InChI is InChI=1S/C28H41N3O/c1-28(2)24-10-9-23(26(28)20-24)21-29-14-12-22(13-15-29)8-11-27(32)31-18-16-30(17-19-31)25-6-4-3-5-7-25/h3-7,9,22,24,26H,8,10-21H2,1-2H3/t24-,26-/m0/s1. The molecule has 1 amide bonds. The van der Waals surface area contributed by atoms with Crippen LogP contribution in [0, 0.1) is 23.2 Å². The molecule has 0 spiro atoms. The smallest absolute Gasteiger partial charge is 0.222 e. The molecule has 2 bridgehead atoms. The second kappa shape index (κ2) is 9.21. The molecule has 0 N–H and O–H groups in total. The first-order valence-electron chi connectivity index (χ1n) is 13.0. The maximum atomic E-state index is 12.8. The summed E-state index contributed by atoms with van der Waals surface area (Å²) in [4.78, 5) is 20.0. The van der Waals surface area contributed by atoms with E-state index in [2.05, 4.69) is 65.0 Å². The topological polar surface area (TPSA) is 26.8 Å². The average molecular weight is 436 g/mol. The van der Waals surface area contributed by atoms with Crippen LogP contribution in [-0.2, 0) is 4.79 Å². The Kier molecular flexibility index (Phi) is 6.33. The lowest BCUT2D eigenvalue weighted by Gasteiger charge is -2.57. The number of anilines is 1. The third-order valence-corrected chi connectivity index (χ3v) is 9.22. The van der Waals surface area contributed by atoms with Gasteiger partial charge in [-0.05, 0) is 80.5 Å². The zero-order chi connectivity index (χ0) is 22.1. The van der Waals surface area contributed by atoms with E-state index in [1.165, 1.54) is 51.0 Å². The van der Waals surface area contributed by atoms with Crippen LogP contribution in [0.4, 0.5) is 5.69 Å². The van der Waals surface area contributed by atoms with Crippen molar-refractivity contribution in [1.82, 2.24) is 9.80 Å². The van der Waals surface area contributed by atoms with Crippen molar-refractivity contribution in [1.29, 1.82) is 0 Å². The van der Waals surface area contributed by atoms with E-state index in [-0.39, 0.29) is 0 Å². The second-order valence-corrected chi connectivity index (χ2v) is 11.3. The number of amides is 1. The Labute approximate surface area is 194 Å². The van der Waals surface area contributed by atoms with Crippen molar-refractivity contribution in [3.05, 3.63) is 42.0 Å². The minimum absolute atomic E-state index is 0.370. The van der Waals surface area contributed by atoms with Gasteiger partial charge in [0.25, 0.3) is 0 Å². The molecule has 1 aromatic rings. The molecule has 3 aliphatic carbocycles. The summed E-state index contributed by atoms with van der Waals surface area (Å²) in [6, 6.07) is 10.6. The van der Waals surface area contributed by atoms with Gasteiger partial charge in [0.1, 0.15) is 0 Å². The summed E-state index contributed by atoms with van der Waals surface area (Å²) in [5.41, 5.74) is 3.53. The van der Waals surface area contributed by atoms with Crippen LogP contribution in [0.25, 0.3) is 0 Å². The normalized spacial score (nSPS) is 28.2. The molecule has 2 heterocycles. The molecule has 0 unspecified atom stereocenters. The highest BCUT2D eigenvalue weighted by atomic mass is 16.2. The van der Waals surface area contributed by atoms with Gasteiger partial charge in [-0.2, -0.15) is 0 Å². The summed E-state index contributed by atoms with van der Waals surface area (Å²) in [6.07, 6.45) is 9.63. The van der Waals surface area contributed by atoms with E-state index in [1.807, 2.05) is 0 Å². The van der Waals surface area contributed by atoms with Crippen molar-refractivity contribution in [2.75, 3.05) is 50.7 Å². The molecule has 1 saturated carbocycles. The molecular weight excluding hydrogens is 394 g/mol. The number of allylic oxidation sites excluding steroid dienone is 1. The van der Waals surface area contributed by atoms with Crippen LogP contribution in [0.5, 0.6) is 0 Å². The Hall–Kier alpha value is -1.81. The van der Waals surface area contributed by atoms with Crippen molar-refractivity contribution in [3.8, 4) is 0 Å². The Balaban J connectivity index is 1.01. The molecule has 2 atom stereocenters. The van der Waals surface area contributed by atoms with Gasteiger partial charge in [-0.3, -0.25) is 9.69 Å². The van der Waals surface area contributed by atoms with Gasteiger partial charge in [0.2, 0.25) is 5.91 Å². The number of para-hydroxylation sites is 1. The van der Waals surface area contributed by atoms with Gasteiger partial charge >= 0.3 is 0 Å². The number of carbonyl (C=O) groups is 1. The summed E-state index contributed by atoms with van der Waals surface area (Å²) in [5.74, 6) is 2.86. The van der Waals surface area contributed by atoms with Crippen LogP contribution in [0.1, 0.15) is 52.4 Å². The maximum absolute atomic E-state index is 12.8. The second-order valence-electron chi connectivity index (χ2n) is 11.3. The lowest BCUT2D eigenvalue weighted by molar-refractivity contribution is -0.131. The van der Waals surface area contributed by atoms with Gasteiger partial charge in [0.05, 0.1) is 0 Å². The average Bonchev–Trinajstić information content (AvgIpc) is 2.84. The Morgan fingerprint density at radius 1 is 1.00 bits per heavy atom. The highest BCUT2D eigenvalue weighted by Gasteiger charge is 2.51. The molecule has 174 valence electrons. The summed E-state index contributed by atoms with van der Waals surface area (Å²) >= 11 is 0. The van der Waals surface area contributed by atoms with Crippen LogP contribution in [0.2, 0.25) is 0 Å². The van der Waals surface area contributed by atoms with E-state index in [0.29, 0.717) is 11.3 Å². The third kappa shape index (κ3) is 4.48. The minimum atomic E-state index is 0.370. The summed E-state index contributed by atoms with van der Waals surface area (Å²) in [5, 5.41) is 0. The van der Waals surface area contributed by atoms with E-state index in [1.54, 1.807) is 5.57 Å². The molecular formula is C28H41N3O. The zero-order valence-electron chi connectivity index (χ0n) is 20.1. The van der Waals surface area contributed by atoms with Gasteiger partial charge in [-0.25, -0.2) is 0 Å². The number of carbonyl (C=O) groups excluding carboxylic acids is 1. The summed E-state index contributed by atoms with van der Waals surface area (Å²) in [7, 11) is 0. The first-order valence-corrected chi connectivity index (χ1v) is 13.0. The molecule has 5 aliphatic rings. The van der Waals surface area contributed by atoms with Crippen molar-refractivity contribution >= 4 is 11.6 Å². The van der Waals surface area contributed by atoms with Crippen molar-refractivity contribution in [3.63, 3.8) is 0 Å². The monoisotopic (exact) mass is 435 g/mol. The number of benzene rings is 1. The highest BCUT2D eigenvalue weighted by molar-refractivity contribution is 5.76. The van der Waals surface area contributed by atoms with Crippen molar-refractivity contribution < 1.29 is 4.79 Å². The molecule has 4 heteroatoms. The maximum Gasteiger partial charge on any atom is 0.222 e. The Bertz CT molecular complexity index is 816. The number of piperidine rings is 1. The SMILES string of the molecule is CC1(C)[C@H]2CC=C(CN3CCC(CCC(=O)N4CCN(c5ccccc5)CC4)CC3)[C@@H]1C2. The molecule has 0 radical (unpaired) electrons. The number of fused-ring (bicyclic) bond motifs is 1. The van der Waals surface area contributed by atoms with E-state index in [9.17, 15) is 4.79 Å². The lowest BCUT2D eigenvalue weighted by atomic mass is 9.49. The fourth-order valence-corrected chi connectivity index (χ4v) is 6.69. The van der Waals surface area contributed by atoms with E-state index in [0.717, 1.165) is 56.8 Å². The Morgan fingerprint density at radius 3 is 2.38 bits per heavy atom. The summed E-state index contributed by atoms with van der Waals surface area (Å²) < 4.78 is 0. The number of hydrogen-bond donors (Lipinski definition) is 0. The van der Waals surface area contributed by atoms with Gasteiger partial charge in [-0.1, -0.05) is 43.7 Å². The van der Waals surface area contributed by atoms with Crippen LogP contribution >= 0.6 is 0 Å². The molecule has 1 aromatic carbocycles. The van der Waals surface area contributed by atoms with Crippen molar-refractivity contribution in [2.45, 2.75) is 52.4 Å². The summed E-state index contributed by atoms with van der Waals surface area (Å²) in [6.45, 7) is 12.2. The minimum Gasteiger partial charge on any atom is -0.368 e. The van der Waals surface area contributed by atoms with E-state index in [4.69, 9.17) is 0 Å². The quantitative estimate of drug-likeness (QED) is 0.600. The molecule has 0 aromatic heterocycles. The molecule has 2 aliphatic heterocycles. The molecule has 6 rings (SSSR count). The fourth-order valence-electron chi connectivity index (χ4n) is 6.69. The van der Waals surface area contributed by atoms with Gasteiger partial charge in [0.15, 0.2) is 0 Å². The molecule has 4 nitrogen and oxygen atoms in total. The first kappa shape index (κ1) is 22.0. The van der Waals surface area contributed by atoms with Crippen LogP contribution < -0.4 is 4.90 Å². The Morgan fingerprint density at radius 2 is 1.72 bits per heavy atom. The first-order chi connectivity index (χ1) is 15.5. The number of nitrogens with zero attached hydrogens (tertiary/aromatic N) is 3. The fraction of sp³-hybridized carbons (Fsp3) is 0.679. The molecule has 3 fully saturated rings. The number of piperazine rings is 1. The largest absolute Gasteiger partial charge is 0.368 e. The molecule has 2 saturated heterocycles. The van der Waals surface area contributed by atoms with E-state index < -0.39 is 0 Å². The number of likely N-dealkylation sites (tertiary alicyclic amines) is 1. The predicted octanol–water partition coefficient (Wildman–Crippen LogP) is 4.82. The zero-order valence-corrected chi connectivity index (χ0v) is 20.1. The van der Waals surface area contributed by atoms with Crippen molar-refractivity contribution in [2.24, 2.45) is 23.2 Å². The molecule has 32 heavy (non-hydrogen) atoms. The van der Waals surface area contributed by atoms with Crippen LogP contribution in [-0.4, -0.2) is 61.5 Å². The predicted molar refractivity (Wildman–Crippen MR) is 132 cm³/mol. The van der Waals surface area contributed by atoms with Gasteiger partial charge in [0, 0.05) is 44.8 Å². The van der Waals surface area contributed by atoms with Gasteiger partial charge < -0.3 is 9.80 Å². The van der Waals surface area contributed by atoms with E-state index >= 15 is 0 Å². The third-order valence-electron chi connectivity index (χ3n) is 9.22. The van der Waals surface area contributed by atoms with Gasteiger partial charge in [-0.15, -0.1) is 0 Å². The lowest BCUT2D eigenvalue weighted by Crippen LogP contribution is -2.50. The number of rotatable bonds is 6. The highest BCUT2D eigenvalue weighted by Crippen LogP contribution is 2.59. The van der Waals surface area contributed by atoms with Crippen LogP contribution in [0.15, 0.2) is 42.0 Å².